The van der Waals surface area contributed by atoms with E-state index in [9.17, 15) is 14.5 Å². The molecule has 0 amide bonds. The third-order valence-corrected chi connectivity index (χ3v) is 3.69. The minimum Gasteiger partial charge on any atom is -0.485 e. The van der Waals surface area contributed by atoms with Crippen LogP contribution in [-0.2, 0) is 4.74 Å². The zero-order valence-corrected chi connectivity index (χ0v) is 15.0. The second-order valence-corrected chi connectivity index (χ2v) is 5.49. The van der Waals surface area contributed by atoms with Gasteiger partial charge in [0.05, 0.1) is 30.2 Å². The Morgan fingerprint density at radius 1 is 1.11 bits per heavy atom. The molecule has 2 aromatic heterocycles. The number of halogens is 1. The van der Waals surface area contributed by atoms with E-state index in [0.717, 1.165) is 12.1 Å². The fraction of sp³-hybridized carbons (Fsp3) is 0.222. The fourth-order valence-corrected chi connectivity index (χ4v) is 2.38. The van der Waals surface area contributed by atoms with Crippen molar-refractivity contribution in [1.29, 1.82) is 0 Å². The van der Waals surface area contributed by atoms with Gasteiger partial charge in [-0.1, -0.05) is 0 Å². The van der Waals surface area contributed by atoms with Gasteiger partial charge in [-0.3, -0.25) is 15.1 Å². The van der Waals surface area contributed by atoms with Crippen molar-refractivity contribution < 1.29 is 28.3 Å². The first kappa shape index (κ1) is 19.2. The second kappa shape index (κ2) is 8.44. The molecule has 0 aliphatic rings. The molecular weight excluding hydrogens is 373 g/mol. The van der Waals surface area contributed by atoms with Crippen LogP contribution in [-0.4, -0.2) is 42.3 Å². The maximum absolute atomic E-state index is 14.2. The summed E-state index contributed by atoms with van der Waals surface area (Å²) in [6, 6.07) is 6.24. The van der Waals surface area contributed by atoms with E-state index in [1.54, 1.807) is 13.2 Å². The first-order valence-electron chi connectivity index (χ1n) is 8.10. The van der Waals surface area contributed by atoms with Gasteiger partial charge in [-0.15, -0.1) is 0 Å². The minimum atomic E-state index is -0.870. The number of nitro benzene ring substituents is 1. The lowest BCUT2D eigenvalue weighted by Crippen LogP contribution is -2.06. The van der Waals surface area contributed by atoms with Gasteiger partial charge in [0.1, 0.15) is 12.1 Å². The zero-order valence-electron chi connectivity index (χ0n) is 15.0. The largest absolute Gasteiger partial charge is 0.485 e. The summed E-state index contributed by atoms with van der Waals surface area (Å²) in [4.78, 5) is 18.6. The summed E-state index contributed by atoms with van der Waals surface area (Å²) in [6.45, 7) is 0.682. The number of ether oxygens (including phenoxy) is 4. The summed E-state index contributed by atoms with van der Waals surface area (Å²) in [5, 5.41) is 10.7. The van der Waals surface area contributed by atoms with E-state index >= 15 is 0 Å². The van der Waals surface area contributed by atoms with Gasteiger partial charge in [0.25, 0.3) is 11.6 Å². The summed E-state index contributed by atoms with van der Waals surface area (Å²) in [5.74, 6) is -0.270. The molecule has 2 heterocycles. The smallest absolute Gasteiger partial charge is 0.272 e. The quantitative estimate of drug-likeness (QED) is 0.327. The maximum Gasteiger partial charge on any atom is 0.272 e. The summed E-state index contributed by atoms with van der Waals surface area (Å²) in [7, 11) is 2.99. The van der Waals surface area contributed by atoms with Crippen molar-refractivity contribution in [3.05, 3.63) is 52.5 Å². The number of aromatic nitrogens is 2. The molecule has 0 bridgehead atoms. The number of pyridine rings is 2. The number of nitrogens with zero attached hydrogens (tertiary/aromatic N) is 3. The molecule has 0 atom stereocenters. The van der Waals surface area contributed by atoms with Gasteiger partial charge < -0.3 is 18.9 Å². The predicted octanol–water partition coefficient (Wildman–Crippen LogP) is 3.50. The highest BCUT2D eigenvalue weighted by Gasteiger charge is 2.16. The molecule has 0 saturated carbocycles. The first-order chi connectivity index (χ1) is 13.5. The lowest BCUT2D eigenvalue weighted by atomic mass is 10.2. The minimum absolute atomic E-state index is 0.181. The van der Waals surface area contributed by atoms with Crippen LogP contribution in [0.15, 0.2) is 36.5 Å². The molecule has 1 aromatic carbocycles. The van der Waals surface area contributed by atoms with E-state index in [2.05, 4.69) is 9.97 Å². The van der Waals surface area contributed by atoms with Crippen LogP contribution < -0.4 is 14.2 Å². The van der Waals surface area contributed by atoms with Crippen LogP contribution >= 0.6 is 0 Å². The molecule has 0 radical (unpaired) electrons. The maximum atomic E-state index is 14.2. The highest BCUT2D eigenvalue weighted by molar-refractivity contribution is 5.83. The third kappa shape index (κ3) is 4.07. The standard InChI is InChI=1S/C18H16FN3O6/c1-25-7-8-27-16-10-13-17(21-18(16)26-2)15(5-6-20-13)28-14-4-3-11(22(23)24)9-12(14)19/h3-6,9-10H,7-8H2,1-2H3. The number of hydrogen-bond donors (Lipinski definition) is 0. The Kier molecular flexibility index (Phi) is 5.80. The molecule has 0 spiro atoms. The molecule has 0 N–H and O–H groups in total. The van der Waals surface area contributed by atoms with Crippen molar-refractivity contribution >= 4 is 16.7 Å². The Bertz CT molecular complexity index is 1010. The van der Waals surface area contributed by atoms with Crippen LogP contribution in [0, 0.1) is 15.9 Å². The summed E-state index contributed by atoms with van der Waals surface area (Å²) in [5.41, 5.74) is 0.381. The van der Waals surface area contributed by atoms with Gasteiger partial charge in [0.2, 0.25) is 0 Å². The zero-order chi connectivity index (χ0) is 20.1. The van der Waals surface area contributed by atoms with E-state index in [1.165, 1.54) is 25.4 Å². The van der Waals surface area contributed by atoms with Gasteiger partial charge in [-0.05, 0) is 6.07 Å². The Balaban J connectivity index is 1.97. The summed E-state index contributed by atoms with van der Waals surface area (Å²) < 4.78 is 35.5. The number of non-ortho nitro benzene ring substituents is 1. The van der Waals surface area contributed by atoms with Crippen LogP contribution in [0.5, 0.6) is 23.1 Å². The summed E-state index contributed by atoms with van der Waals surface area (Å²) >= 11 is 0. The number of nitro groups is 1. The molecule has 0 fully saturated rings. The highest BCUT2D eigenvalue weighted by Crippen LogP contribution is 2.35. The van der Waals surface area contributed by atoms with Gasteiger partial charge in [-0.2, -0.15) is 0 Å². The molecule has 9 nitrogen and oxygen atoms in total. The van der Waals surface area contributed by atoms with Crippen LogP contribution in [0.2, 0.25) is 0 Å². The van der Waals surface area contributed by atoms with E-state index in [0.29, 0.717) is 30.0 Å². The van der Waals surface area contributed by atoms with Crippen LogP contribution in [0.3, 0.4) is 0 Å². The Labute approximate surface area is 158 Å². The van der Waals surface area contributed by atoms with Crippen molar-refractivity contribution in [1.82, 2.24) is 9.97 Å². The van der Waals surface area contributed by atoms with Crippen LogP contribution in [0.25, 0.3) is 11.0 Å². The normalized spacial score (nSPS) is 10.7. The molecule has 10 heteroatoms. The van der Waals surface area contributed by atoms with Crippen LogP contribution in [0.1, 0.15) is 0 Å². The average Bonchev–Trinajstić information content (AvgIpc) is 2.69. The molecule has 0 aliphatic heterocycles. The van der Waals surface area contributed by atoms with Gasteiger partial charge in [0, 0.05) is 31.5 Å². The van der Waals surface area contributed by atoms with Crippen LogP contribution in [0.4, 0.5) is 10.1 Å². The Morgan fingerprint density at radius 3 is 2.61 bits per heavy atom. The van der Waals surface area contributed by atoms with Crippen molar-refractivity contribution in [3.8, 4) is 23.1 Å². The van der Waals surface area contributed by atoms with E-state index in [-0.39, 0.29) is 23.1 Å². The van der Waals surface area contributed by atoms with Gasteiger partial charge >= 0.3 is 0 Å². The molecular formula is C18H16FN3O6. The van der Waals surface area contributed by atoms with Crippen molar-refractivity contribution in [2.75, 3.05) is 27.4 Å². The molecule has 3 rings (SSSR count). The Hall–Kier alpha value is -3.53. The number of hydrogen-bond acceptors (Lipinski definition) is 8. The monoisotopic (exact) mass is 389 g/mol. The number of fused-ring (bicyclic) bond motifs is 1. The fourth-order valence-electron chi connectivity index (χ4n) is 2.38. The predicted molar refractivity (Wildman–Crippen MR) is 96.6 cm³/mol. The lowest BCUT2D eigenvalue weighted by Gasteiger charge is -2.13. The van der Waals surface area contributed by atoms with Crippen molar-refractivity contribution in [2.45, 2.75) is 0 Å². The number of rotatable bonds is 8. The first-order valence-corrected chi connectivity index (χ1v) is 8.10. The third-order valence-electron chi connectivity index (χ3n) is 3.69. The molecule has 146 valence electrons. The van der Waals surface area contributed by atoms with Gasteiger partial charge in [-0.25, -0.2) is 9.37 Å². The lowest BCUT2D eigenvalue weighted by molar-refractivity contribution is -0.385. The second-order valence-electron chi connectivity index (χ2n) is 5.49. The molecule has 0 unspecified atom stereocenters. The molecule has 0 saturated heterocycles. The number of benzene rings is 1. The van der Waals surface area contributed by atoms with E-state index in [4.69, 9.17) is 18.9 Å². The van der Waals surface area contributed by atoms with E-state index in [1.807, 2.05) is 0 Å². The van der Waals surface area contributed by atoms with Gasteiger partial charge in [0.15, 0.2) is 23.1 Å². The Morgan fingerprint density at radius 2 is 1.93 bits per heavy atom. The van der Waals surface area contributed by atoms with Crippen molar-refractivity contribution in [2.24, 2.45) is 0 Å². The topological polar surface area (TPSA) is 106 Å². The van der Waals surface area contributed by atoms with E-state index < -0.39 is 10.7 Å². The molecule has 3 aromatic rings. The number of methoxy groups -OCH3 is 2. The average molecular weight is 389 g/mol. The molecule has 0 aliphatic carbocycles. The van der Waals surface area contributed by atoms with Crippen molar-refractivity contribution in [3.63, 3.8) is 0 Å². The highest BCUT2D eigenvalue weighted by atomic mass is 19.1. The molecule has 28 heavy (non-hydrogen) atoms. The summed E-state index contributed by atoms with van der Waals surface area (Å²) in [6.07, 6.45) is 1.47. The SMILES string of the molecule is COCCOc1cc2nccc(Oc3ccc([N+](=O)[O-])cc3F)c2nc1OC.